The Morgan fingerprint density at radius 3 is 2.66 bits per heavy atom. The highest BCUT2D eigenvalue weighted by molar-refractivity contribution is 5.76. The van der Waals surface area contributed by atoms with Crippen LogP contribution in [-0.4, -0.2) is 10.6 Å². The maximum Gasteiger partial charge on any atom is 0.123 e. The van der Waals surface area contributed by atoms with E-state index >= 15 is 0 Å². The van der Waals surface area contributed by atoms with E-state index in [4.69, 9.17) is 0 Å². The van der Waals surface area contributed by atoms with E-state index in [1.165, 1.54) is 43.7 Å². The van der Waals surface area contributed by atoms with Crippen molar-refractivity contribution in [1.29, 1.82) is 0 Å². The van der Waals surface area contributed by atoms with Gasteiger partial charge in [-0.3, -0.25) is 0 Å². The molecule has 0 unspecified atom stereocenters. The third kappa shape index (κ3) is 4.61. The number of benzene rings is 2. The number of nitrogens with one attached hydrogen (secondary N) is 1. The van der Waals surface area contributed by atoms with Crippen LogP contribution >= 0.6 is 0 Å². The zero-order valence-corrected chi connectivity index (χ0v) is 17.1. The van der Waals surface area contributed by atoms with Gasteiger partial charge >= 0.3 is 0 Å². The van der Waals surface area contributed by atoms with Crippen LogP contribution in [0.1, 0.15) is 55.8 Å². The van der Waals surface area contributed by atoms with Gasteiger partial charge < -0.3 is 9.88 Å². The second-order valence-electron chi connectivity index (χ2n) is 8.17. The van der Waals surface area contributed by atoms with Gasteiger partial charge in [0.2, 0.25) is 0 Å². The number of aromatic nitrogens is 1. The smallest absolute Gasteiger partial charge is 0.123 e. The summed E-state index contributed by atoms with van der Waals surface area (Å²) in [6, 6.07) is 18.1. The van der Waals surface area contributed by atoms with E-state index in [1.54, 1.807) is 12.1 Å². The number of halogens is 1. The predicted octanol–water partition coefficient (Wildman–Crippen LogP) is 6.98. The number of hydrogen-bond donors (Lipinski definition) is 1. The number of rotatable bonds is 6. The standard InChI is InChI=1S/C26H29FN2/c1-19(2)25-14-13-24(18-26(25)28-22-10-4-3-5-11-22)29-15-7-12-23(29)17-20-8-6-9-21(27)16-20/h6-9,12-16,18,22,28H,1,3-5,10-11,17H2,2H3. The normalized spacial score (nSPS) is 14.7. The fourth-order valence-electron chi connectivity index (χ4n) is 4.31. The lowest BCUT2D eigenvalue weighted by molar-refractivity contribution is 0.462. The predicted molar refractivity (Wildman–Crippen MR) is 120 cm³/mol. The van der Waals surface area contributed by atoms with Gasteiger partial charge in [-0.2, -0.15) is 0 Å². The van der Waals surface area contributed by atoms with Crippen molar-refractivity contribution in [2.75, 3.05) is 5.32 Å². The Morgan fingerprint density at radius 1 is 1.07 bits per heavy atom. The SMILES string of the molecule is C=C(C)c1ccc(-n2cccc2Cc2cccc(F)c2)cc1NC1CCCCC1. The first kappa shape index (κ1) is 19.5. The Labute approximate surface area is 173 Å². The summed E-state index contributed by atoms with van der Waals surface area (Å²) >= 11 is 0. The molecule has 0 amide bonds. The lowest BCUT2D eigenvalue weighted by Gasteiger charge is -2.26. The Hall–Kier alpha value is -2.81. The van der Waals surface area contributed by atoms with Crippen LogP contribution in [0.2, 0.25) is 0 Å². The molecule has 1 aliphatic rings. The summed E-state index contributed by atoms with van der Waals surface area (Å²) in [5.41, 5.74) is 6.64. The summed E-state index contributed by atoms with van der Waals surface area (Å²) in [6.07, 6.45) is 9.18. The molecule has 3 aromatic rings. The molecule has 2 aromatic carbocycles. The van der Waals surface area contributed by atoms with E-state index in [-0.39, 0.29) is 5.82 Å². The van der Waals surface area contributed by atoms with Gasteiger partial charge in [-0.15, -0.1) is 0 Å². The molecule has 1 heterocycles. The molecule has 0 saturated heterocycles. The van der Waals surface area contributed by atoms with Crippen molar-refractivity contribution in [3.63, 3.8) is 0 Å². The molecule has 1 saturated carbocycles. The summed E-state index contributed by atoms with van der Waals surface area (Å²) in [7, 11) is 0. The maximum atomic E-state index is 13.6. The van der Waals surface area contributed by atoms with E-state index in [0.717, 1.165) is 28.2 Å². The lowest BCUT2D eigenvalue weighted by Crippen LogP contribution is -2.23. The minimum Gasteiger partial charge on any atom is -0.382 e. The largest absolute Gasteiger partial charge is 0.382 e. The Morgan fingerprint density at radius 2 is 1.90 bits per heavy atom. The summed E-state index contributed by atoms with van der Waals surface area (Å²) < 4.78 is 15.8. The first-order valence-corrected chi connectivity index (χ1v) is 10.6. The maximum absolute atomic E-state index is 13.6. The van der Waals surface area contributed by atoms with Crippen molar-refractivity contribution in [2.45, 2.75) is 51.5 Å². The third-order valence-electron chi connectivity index (χ3n) is 5.81. The molecule has 0 spiro atoms. The average molecular weight is 389 g/mol. The molecule has 0 aliphatic heterocycles. The van der Waals surface area contributed by atoms with Crippen molar-refractivity contribution in [1.82, 2.24) is 4.57 Å². The fourth-order valence-corrected chi connectivity index (χ4v) is 4.31. The zero-order valence-electron chi connectivity index (χ0n) is 17.1. The zero-order chi connectivity index (χ0) is 20.2. The van der Waals surface area contributed by atoms with Crippen molar-refractivity contribution in [3.8, 4) is 5.69 Å². The molecule has 4 rings (SSSR count). The van der Waals surface area contributed by atoms with Crippen LogP contribution in [-0.2, 0) is 6.42 Å². The molecular weight excluding hydrogens is 359 g/mol. The summed E-state index contributed by atoms with van der Waals surface area (Å²) in [6.45, 7) is 6.23. The Bertz CT molecular complexity index is 995. The average Bonchev–Trinajstić information content (AvgIpc) is 3.16. The van der Waals surface area contributed by atoms with E-state index in [1.807, 2.05) is 6.07 Å². The highest BCUT2D eigenvalue weighted by Crippen LogP contribution is 2.30. The fraction of sp³-hybridized carbons (Fsp3) is 0.308. The molecule has 1 N–H and O–H groups in total. The molecule has 29 heavy (non-hydrogen) atoms. The Balaban J connectivity index is 1.64. The number of anilines is 1. The second-order valence-corrected chi connectivity index (χ2v) is 8.17. The van der Waals surface area contributed by atoms with Crippen LogP contribution in [0.15, 0.2) is 67.4 Å². The van der Waals surface area contributed by atoms with E-state index in [0.29, 0.717) is 12.5 Å². The van der Waals surface area contributed by atoms with E-state index in [2.05, 4.69) is 59.9 Å². The van der Waals surface area contributed by atoms with Crippen LogP contribution in [0, 0.1) is 5.82 Å². The highest BCUT2D eigenvalue weighted by atomic mass is 19.1. The quantitative estimate of drug-likeness (QED) is 0.482. The molecule has 0 radical (unpaired) electrons. The topological polar surface area (TPSA) is 17.0 Å². The van der Waals surface area contributed by atoms with Crippen LogP contribution in [0.3, 0.4) is 0 Å². The monoisotopic (exact) mass is 388 g/mol. The molecule has 2 nitrogen and oxygen atoms in total. The molecular formula is C26H29FN2. The van der Waals surface area contributed by atoms with Gasteiger partial charge in [0.25, 0.3) is 0 Å². The molecule has 150 valence electrons. The minimum absolute atomic E-state index is 0.189. The van der Waals surface area contributed by atoms with E-state index < -0.39 is 0 Å². The van der Waals surface area contributed by atoms with Crippen LogP contribution in [0.5, 0.6) is 0 Å². The number of hydrogen-bond acceptors (Lipinski definition) is 1. The van der Waals surface area contributed by atoms with Gasteiger partial charge in [0.1, 0.15) is 5.82 Å². The molecule has 1 aromatic heterocycles. The van der Waals surface area contributed by atoms with Crippen LogP contribution < -0.4 is 5.32 Å². The van der Waals surface area contributed by atoms with Gasteiger partial charge in [-0.25, -0.2) is 4.39 Å². The summed E-state index contributed by atoms with van der Waals surface area (Å²) in [4.78, 5) is 0. The third-order valence-corrected chi connectivity index (χ3v) is 5.81. The van der Waals surface area contributed by atoms with Crippen molar-refractivity contribution >= 4 is 11.3 Å². The first-order valence-electron chi connectivity index (χ1n) is 10.6. The highest BCUT2D eigenvalue weighted by Gasteiger charge is 2.16. The molecule has 1 fully saturated rings. The molecule has 0 atom stereocenters. The number of allylic oxidation sites excluding steroid dienone is 1. The molecule has 1 aliphatic carbocycles. The van der Waals surface area contributed by atoms with Gasteiger partial charge in [-0.05, 0) is 67.3 Å². The van der Waals surface area contributed by atoms with Crippen molar-refractivity contribution < 1.29 is 4.39 Å². The van der Waals surface area contributed by atoms with Crippen molar-refractivity contribution in [3.05, 3.63) is 90.0 Å². The lowest BCUT2D eigenvalue weighted by atomic mass is 9.94. The molecule has 0 bridgehead atoms. The van der Waals surface area contributed by atoms with Crippen LogP contribution in [0.25, 0.3) is 11.3 Å². The first-order chi connectivity index (χ1) is 14.1. The van der Waals surface area contributed by atoms with Gasteiger partial charge in [0.05, 0.1) is 0 Å². The van der Waals surface area contributed by atoms with E-state index in [9.17, 15) is 4.39 Å². The van der Waals surface area contributed by atoms with Gasteiger partial charge in [0, 0.05) is 41.3 Å². The van der Waals surface area contributed by atoms with Gasteiger partial charge in [0.15, 0.2) is 0 Å². The van der Waals surface area contributed by atoms with Gasteiger partial charge in [-0.1, -0.05) is 44.0 Å². The number of nitrogens with zero attached hydrogens (tertiary/aromatic N) is 1. The summed E-state index contributed by atoms with van der Waals surface area (Å²) in [5.74, 6) is -0.189. The van der Waals surface area contributed by atoms with Crippen LogP contribution in [0.4, 0.5) is 10.1 Å². The van der Waals surface area contributed by atoms with Crippen molar-refractivity contribution in [2.24, 2.45) is 0 Å². The summed E-state index contributed by atoms with van der Waals surface area (Å²) in [5, 5.41) is 3.79. The molecule has 3 heteroatoms. The second kappa shape index (κ2) is 8.69. The Kier molecular flexibility index (Phi) is 5.84. The minimum atomic E-state index is -0.189.